The summed E-state index contributed by atoms with van der Waals surface area (Å²) < 4.78 is 5.95. The molecule has 2 aliphatic heterocycles. The quantitative estimate of drug-likeness (QED) is 0.828. The molecule has 3 nitrogen and oxygen atoms in total. The number of hydrogen-bond donors (Lipinski definition) is 1. The van der Waals surface area contributed by atoms with Gasteiger partial charge in [-0.05, 0) is 38.1 Å². The van der Waals surface area contributed by atoms with Crippen LogP contribution in [-0.4, -0.2) is 50.3 Å². The molecule has 1 saturated carbocycles. The van der Waals surface area contributed by atoms with E-state index in [0.29, 0.717) is 17.6 Å². The number of fused-ring (bicyclic) bond motifs is 2. The minimum Gasteiger partial charge on any atom is -0.372 e. The van der Waals surface area contributed by atoms with Crippen LogP contribution in [-0.2, 0) is 4.74 Å². The molecule has 1 aliphatic carbocycles. The molecule has 104 valence electrons. The van der Waals surface area contributed by atoms with Crippen LogP contribution in [0.3, 0.4) is 0 Å². The summed E-state index contributed by atoms with van der Waals surface area (Å²) in [6.07, 6.45) is 10.8. The van der Waals surface area contributed by atoms with Crippen LogP contribution in [0.15, 0.2) is 0 Å². The summed E-state index contributed by atoms with van der Waals surface area (Å²) in [7, 11) is 2.11. The number of nitrogens with one attached hydrogen (secondary N) is 1. The van der Waals surface area contributed by atoms with Crippen LogP contribution in [0, 0.1) is 5.41 Å². The fraction of sp³-hybridized carbons (Fsp3) is 1.00. The van der Waals surface area contributed by atoms with Gasteiger partial charge in [0.05, 0.1) is 12.2 Å². The van der Waals surface area contributed by atoms with E-state index in [2.05, 4.69) is 17.3 Å². The summed E-state index contributed by atoms with van der Waals surface area (Å²) in [5, 5.41) is 3.45. The molecule has 0 aromatic heterocycles. The van der Waals surface area contributed by atoms with Crippen molar-refractivity contribution in [2.45, 2.75) is 57.2 Å². The fourth-order valence-corrected chi connectivity index (χ4v) is 4.37. The number of hydrogen-bond acceptors (Lipinski definition) is 3. The molecule has 3 rings (SSSR count). The van der Waals surface area contributed by atoms with E-state index in [1.807, 2.05) is 0 Å². The third-order valence-corrected chi connectivity index (χ3v) is 5.14. The molecule has 2 bridgehead atoms. The largest absolute Gasteiger partial charge is 0.372 e. The smallest absolute Gasteiger partial charge is 0.0707 e. The zero-order chi connectivity index (χ0) is 12.4. The molecule has 0 amide bonds. The maximum Gasteiger partial charge on any atom is 0.0707 e. The molecule has 0 aromatic rings. The van der Waals surface area contributed by atoms with Crippen molar-refractivity contribution in [2.75, 3.05) is 33.2 Å². The number of ether oxygens (including phenoxy) is 1. The minimum absolute atomic E-state index is 0.541. The first-order chi connectivity index (χ1) is 8.80. The summed E-state index contributed by atoms with van der Waals surface area (Å²) in [5.41, 5.74) is 0.545. The zero-order valence-electron chi connectivity index (χ0n) is 11.8. The molecular weight excluding hydrogens is 224 g/mol. The maximum absolute atomic E-state index is 5.95. The average molecular weight is 252 g/mol. The van der Waals surface area contributed by atoms with Gasteiger partial charge in [-0.2, -0.15) is 0 Å². The van der Waals surface area contributed by atoms with Crippen molar-refractivity contribution in [3.8, 4) is 0 Å². The van der Waals surface area contributed by atoms with Crippen LogP contribution in [0.25, 0.3) is 0 Å². The van der Waals surface area contributed by atoms with Gasteiger partial charge in [0.2, 0.25) is 0 Å². The summed E-state index contributed by atoms with van der Waals surface area (Å²) in [5.74, 6) is 0. The maximum atomic E-state index is 5.95. The van der Waals surface area contributed by atoms with E-state index in [0.717, 1.165) is 0 Å². The highest BCUT2D eigenvalue weighted by Gasteiger charge is 2.38. The van der Waals surface area contributed by atoms with Gasteiger partial charge in [0, 0.05) is 26.2 Å². The van der Waals surface area contributed by atoms with Crippen molar-refractivity contribution in [1.82, 2.24) is 10.2 Å². The van der Waals surface area contributed by atoms with E-state index in [1.165, 1.54) is 71.1 Å². The van der Waals surface area contributed by atoms with Gasteiger partial charge in [-0.1, -0.05) is 19.3 Å². The lowest BCUT2D eigenvalue weighted by molar-refractivity contribution is -0.0540. The second-order valence-corrected chi connectivity index (χ2v) is 6.74. The Hall–Kier alpha value is -0.120. The number of likely N-dealkylation sites (tertiary alicyclic amines) is 1. The number of nitrogens with zero attached hydrogens (tertiary/aromatic N) is 1. The van der Waals surface area contributed by atoms with Gasteiger partial charge in [0.15, 0.2) is 0 Å². The van der Waals surface area contributed by atoms with Crippen molar-refractivity contribution in [1.29, 1.82) is 0 Å². The van der Waals surface area contributed by atoms with E-state index in [1.54, 1.807) is 0 Å². The Kier molecular flexibility index (Phi) is 3.92. The highest BCUT2D eigenvalue weighted by Crippen LogP contribution is 2.38. The monoisotopic (exact) mass is 252 g/mol. The Morgan fingerprint density at radius 1 is 1.11 bits per heavy atom. The topological polar surface area (TPSA) is 24.5 Å². The normalized spacial score (nSPS) is 35.8. The predicted molar refractivity (Wildman–Crippen MR) is 73.8 cm³/mol. The molecule has 3 heteroatoms. The van der Waals surface area contributed by atoms with Crippen LogP contribution in [0.2, 0.25) is 0 Å². The lowest BCUT2D eigenvalue weighted by Gasteiger charge is -2.43. The first-order valence-corrected chi connectivity index (χ1v) is 7.82. The molecule has 0 radical (unpaired) electrons. The summed E-state index contributed by atoms with van der Waals surface area (Å²) in [6.45, 7) is 4.85. The van der Waals surface area contributed by atoms with E-state index < -0.39 is 0 Å². The van der Waals surface area contributed by atoms with Crippen molar-refractivity contribution in [3.05, 3.63) is 0 Å². The SMILES string of the molecule is CNCC1(CN2CC3CCC(C2)O3)CCCCC1. The Bertz CT molecular complexity index is 258. The van der Waals surface area contributed by atoms with Gasteiger partial charge in [-0.15, -0.1) is 0 Å². The summed E-state index contributed by atoms with van der Waals surface area (Å²) >= 11 is 0. The third kappa shape index (κ3) is 2.73. The zero-order valence-corrected chi connectivity index (χ0v) is 11.8. The van der Waals surface area contributed by atoms with E-state index in [9.17, 15) is 0 Å². The second-order valence-electron chi connectivity index (χ2n) is 6.74. The average Bonchev–Trinajstić information content (AvgIpc) is 2.70. The highest BCUT2D eigenvalue weighted by molar-refractivity contribution is 4.92. The molecule has 3 aliphatic rings. The molecule has 2 atom stereocenters. The van der Waals surface area contributed by atoms with Crippen molar-refractivity contribution in [3.63, 3.8) is 0 Å². The van der Waals surface area contributed by atoms with E-state index >= 15 is 0 Å². The standard InChI is InChI=1S/C15H28N2O/c1-16-11-15(7-3-2-4-8-15)12-17-9-13-5-6-14(10-17)18-13/h13-14,16H,2-12H2,1H3. The molecule has 2 heterocycles. The lowest BCUT2D eigenvalue weighted by atomic mass is 9.73. The van der Waals surface area contributed by atoms with Crippen LogP contribution < -0.4 is 5.32 Å². The van der Waals surface area contributed by atoms with Gasteiger partial charge in [-0.3, -0.25) is 4.90 Å². The van der Waals surface area contributed by atoms with Gasteiger partial charge in [0.1, 0.15) is 0 Å². The highest BCUT2D eigenvalue weighted by atomic mass is 16.5. The van der Waals surface area contributed by atoms with Crippen molar-refractivity contribution in [2.24, 2.45) is 5.41 Å². The van der Waals surface area contributed by atoms with E-state index in [4.69, 9.17) is 4.74 Å². The summed E-state index contributed by atoms with van der Waals surface area (Å²) in [6, 6.07) is 0. The fourth-order valence-electron chi connectivity index (χ4n) is 4.37. The number of rotatable bonds is 4. The molecule has 0 spiro atoms. The molecule has 3 fully saturated rings. The summed E-state index contributed by atoms with van der Waals surface area (Å²) in [4.78, 5) is 2.70. The Morgan fingerprint density at radius 2 is 1.78 bits per heavy atom. The Morgan fingerprint density at radius 3 is 2.39 bits per heavy atom. The first-order valence-electron chi connectivity index (χ1n) is 7.82. The van der Waals surface area contributed by atoms with Crippen LogP contribution in [0.1, 0.15) is 44.9 Å². The van der Waals surface area contributed by atoms with Crippen molar-refractivity contribution >= 4 is 0 Å². The van der Waals surface area contributed by atoms with Gasteiger partial charge >= 0.3 is 0 Å². The Labute approximate surface area is 111 Å². The molecule has 0 aromatic carbocycles. The van der Waals surface area contributed by atoms with Gasteiger partial charge in [0.25, 0.3) is 0 Å². The van der Waals surface area contributed by atoms with Gasteiger partial charge in [-0.25, -0.2) is 0 Å². The van der Waals surface area contributed by atoms with Crippen LogP contribution in [0.4, 0.5) is 0 Å². The molecule has 2 unspecified atom stereocenters. The van der Waals surface area contributed by atoms with E-state index in [-0.39, 0.29) is 0 Å². The first kappa shape index (κ1) is 12.9. The van der Waals surface area contributed by atoms with Crippen LogP contribution >= 0.6 is 0 Å². The lowest BCUT2D eigenvalue weighted by Crippen LogP contribution is -2.50. The van der Waals surface area contributed by atoms with Crippen molar-refractivity contribution < 1.29 is 4.74 Å². The molecule has 2 saturated heterocycles. The number of morpholine rings is 1. The minimum atomic E-state index is 0.541. The Balaban J connectivity index is 1.61. The van der Waals surface area contributed by atoms with Gasteiger partial charge < -0.3 is 10.1 Å². The van der Waals surface area contributed by atoms with Crippen LogP contribution in [0.5, 0.6) is 0 Å². The molecular formula is C15H28N2O. The molecule has 18 heavy (non-hydrogen) atoms. The predicted octanol–water partition coefficient (Wildman–Crippen LogP) is 2.02. The molecule has 1 N–H and O–H groups in total. The second kappa shape index (κ2) is 5.48. The third-order valence-electron chi connectivity index (χ3n) is 5.14.